The van der Waals surface area contributed by atoms with Crippen LogP contribution >= 0.6 is 34.0 Å². The van der Waals surface area contributed by atoms with E-state index in [2.05, 4.69) is 115 Å². The number of nitrogen functional groups attached to an aromatic ring is 1. The molecule has 1 amide bonds. The fourth-order valence-corrected chi connectivity index (χ4v) is 10.2. The van der Waals surface area contributed by atoms with Crippen LogP contribution in [0.4, 0.5) is 13.2 Å². The largest absolute Gasteiger partial charge is 0.497 e. The summed E-state index contributed by atoms with van der Waals surface area (Å²) in [4.78, 5) is 41.6. The molecular weight excluding hydrogens is 1080 g/mol. The maximum atomic E-state index is 10.7. The highest BCUT2D eigenvalue weighted by molar-refractivity contribution is 7.13. The van der Waals surface area contributed by atoms with E-state index in [1.54, 1.807) is 49.2 Å². The number of ether oxygens (including phenoxy) is 3. The number of aliphatic hydroxyl groups excluding tert-OH is 1. The predicted octanol–water partition coefficient (Wildman–Crippen LogP) is 7.81. The zero-order valence-corrected chi connectivity index (χ0v) is 48.5. The van der Waals surface area contributed by atoms with E-state index in [0.29, 0.717) is 11.6 Å². The van der Waals surface area contributed by atoms with Crippen LogP contribution in [0.25, 0.3) is 21.7 Å². The highest BCUT2D eigenvalue weighted by Crippen LogP contribution is 2.31. The van der Waals surface area contributed by atoms with Crippen molar-refractivity contribution < 1.29 is 42.1 Å². The third-order valence-electron chi connectivity index (χ3n) is 11.9. The standard InChI is InChI=1S/C18H21N5OS.C15H22N2O2.C10H13N5S.C5H7N3OS.C2HF3O.C2H6O/c1-12-11-25-18(19-12)17-21-20-16-13(2)22(8-9-23(16)17)10-14-4-6-15(24-3)7-5-14;1-4-19-15-12(2)17(10-9-16-15)11-13-5-7-14(18-3)8-6-13;1-6-5-16-10(12-6)9-14-13-8-7(2)11-3-4-15(8)9;1-3-2-10-5(7-3)4(9)8-6;3-2(4,5)1-6;1-2-3/h4-7,11,13H,8-10H2,1-3H3;5-8,12H,4,9-11H2,1-3H3;5,7,11H,3-4H2,1-2H3;2H,6H2,1H3,(H,8,9);1H;3H,2H2,1H3. The fourth-order valence-electron chi connectivity index (χ4n) is 7.97. The van der Waals surface area contributed by atoms with Crippen molar-refractivity contribution in [3.8, 4) is 33.2 Å². The van der Waals surface area contributed by atoms with Gasteiger partial charge in [-0.2, -0.15) is 13.2 Å². The van der Waals surface area contributed by atoms with Crippen molar-refractivity contribution >= 4 is 52.1 Å². The number of alkyl halides is 3. The maximum Gasteiger partial charge on any atom is 0.446 e. The fraction of sp³-hybridized carbons (Fsp3) is 0.462. The Balaban J connectivity index is 0.000000191. The molecule has 27 heteroatoms. The van der Waals surface area contributed by atoms with E-state index in [1.807, 2.05) is 62.8 Å². The van der Waals surface area contributed by atoms with Crippen LogP contribution in [0, 0.1) is 20.8 Å². The molecule has 3 unspecified atom stereocenters. The molecule has 0 spiro atoms. The minimum atomic E-state index is -4.64. The molecule has 0 radical (unpaired) electrons. The van der Waals surface area contributed by atoms with Gasteiger partial charge in [-0.05, 0) is 90.8 Å². The van der Waals surface area contributed by atoms with E-state index >= 15 is 0 Å². The van der Waals surface area contributed by atoms with Gasteiger partial charge < -0.3 is 33.8 Å². The van der Waals surface area contributed by atoms with Gasteiger partial charge in [0.05, 0.1) is 45.5 Å². The van der Waals surface area contributed by atoms with Gasteiger partial charge in [0.25, 0.3) is 5.91 Å². The number of aldehydes is 1. The minimum Gasteiger partial charge on any atom is -0.497 e. The van der Waals surface area contributed by atoms with Gasteiger partial charge in [-0.15, -0.1) is 54.4 Å². The van der Waals surface area contributed by atoms with Crippen LogP contribution in [0.2, 0.25) is 0 Å². The van der Waals surface area contributed by atoms with Crippen molar-refractivity contribution in [3.05, 3.63) is 110 Å². The summed E-state index contributed by atoms with van der Waals surface area (Å²) in [6.07, 6.45) is -5.70. The lowest BCUT2D eigenvalue weighted by molar-refractivity contribution is -0.156. The zero-order valence-electron chi connectivity index (χ0n) is 46.0. The quantitative estimate of drug-likeness (QED) is 0.0441. The highest BCUT2D eigenvalue weighted by Gasteiger charge is 2.30. The first-order valence-electron chi connectivity index (χ1n) is 25.3. The van der Waals surface area contributed by atoms with Crippen LogP contribution in [0.15, 0.2) is 69.7 Å². The number of nitrogens with two attached hydrogens (primary N) is 1. The summed E-state index contributed by atoms with van der Waals surface area (Å²) in [6.45, 7) is 24.2. The third kappa shape index (κ3) is 18.8. The first-order valence-corrected chi connectivity index (χ1v) is 27.9. The predicted molar refractivity (Wildman–Crippen MR) is 300 cm³/mol. The number of benzene rings is 2. The summed E-state index contributed by atoms with van der Waals surface area (Å²) < 4.78 is 51.6. The van der Waals surface area contributed by atoms with Gasteiger partial charge in [0, 0.05) is 85.6 Å². The number of aliphatic hydroxyl groups is 1. The molecule has 10 rings (SSSR count). The third-order valence-corrected chi connectivity index (χ3v) is 14.8. The molecule has 0 bridgehead atoms. The number of thiazole rings is 3. The number of fused-ring (bicyclic) bond motifs is 2. The van der Waals surface area contributed by atoms with Gasteiger partial charge in [-0.25, -0.2) is 20.8 Å². The second-order valence-corrected chi connectivity index (χ2v) is 20.3. The summed E-state index contributed by atoms with van der Waals surface area (Å²) >= 11 is 4.53. The molecule has 428 valence electrons. The van der Waals surface area contributed by atoms with Crippen LogP contribution in [0.5, 0.6) is 11.5 Å². The molecule has 0 aliphatic carbocycles. The van der Waals surface area contributed by atoms with E-state index in [4.69, 9.17) is 30.0 Å². The van der Waals surface area contributed by atoms with E-state index in [1.165, 1.54) is 22.5 Å². The summed E-state index contributed by atoms with van der Waals surface area (Å²) in [7, 11) is 3.38. The van der Waals surface area contributed by atoms with E-state index in [0.717, 1.165) is 120 Å². The van der Waals surface area contributed by atoms with Crippen LogP contribution in [-0.4, -0.2) is 143 Å². The molecular formula is C52H70F3N15O6S3. The Morgan fingerprint density at radius 3 is 1.67 bits per heavy atom. The Bertz CT molecular complexity index is 2980. The molecule has 5 N–H and O–H groups in total. The maximum absolute atomic E-state index is 10.7. The number of aryl methyl sites for hydroxylation is 3. The van der Waals surface area contributed by atoms with Gasteiger partial charge in [0.1, 0.15) is 17.3 Å². The Morgan fingerprint density at radius 1 is 0.747 bits per heavy atom. The van der Waals surface area contributed by atoms with Crippen molar-refractivity contribution in [2.24, 2.45) is 10.8 Å². The molecule has 79 heavy (non-hydrogen) atoms. The molecule has 0 saturated carbocycles. The molecule has 8 heterocycles. The zero-order chi connectivity index (χ0) is 57.6. The number of carbonyl (C=O) groups is 2. The second kappa shape index (κ2) is 31.3. The summed E-state index contributed by atoms with van der Waals surface area (Å²) in [6, 6.07) is 17.2. The lowest BCUT2D eigenvalue weighted by atomic mass is 10.1. The number of halogens is 3. The number of rotatable bonds is 10. The molecule has 5 aromatic heterocycles. The summed E-state index contributed by atoms with van der Waals surface area (Å²) in [5.74, 6) is 11.0. The Kier molecular flexibility index (Phi) is 25.0. The topological polar surface area (TPSA) is 251 Å². The molecule has 3 aliphatic rings. The van der Waals surface area contributed by atoms with Crippen LogP contribution in [0.3, 0.4) is 0 Å². The van der Waals surface area contributed by atoms with Crippen LogP contribution in [-0.2, 0) is 35.7 Å². The number of aromatic nitrogens is 9. The Hall–Kier alpha value is -6.59. The molecule has 3 atom stereocenters. The second-order valence-electron chi connectivity index (χ2n) is 17.7. The number of aliphatic imine (C=N–C) groups is 1. The van der Waals surface area contributed by atoms with Gasteiger partial charge in [0.2, 0.25) is 12.2 Å². The molecule has 0 fully saturated rings. The summed E-state index contributed by atoms with van der Waals surface area (Å²) in [5.41, 5.74) is 7.47. The normalized spacial score (nSPS) is 16.6. The number of nitrogens with one attached hydrogen (secondary N) is 2. The van der Waals surface area contributed by atoms with Gasteiger partial charge in [-0.1, -0.05) is 24.3 Å². The average molecular weight is 1150 g/mol. The molecule has 3 aliphatic heterocycles. The number of hydrazine groups is 1. The lowest BCUT2D eigenvalue weighted by Gasteiger charge is -2.33. The van der Waals surface area contributed by atoms with Crippen molar-refractivity contribution in [2.45, 2.75) is 106 Å². The van der Waals surface area contributed by atoms with Crippen LogP contribution in [0.1, 0.15) is 96.4 Å². The molecule has 7 aromatic rings. The van der Waals surface area contributed by atoms with Crippen molar-refractivity contribution in [2.75, 3.05) is 53.6 Å². The number of hydrogen-bond donors (Lipinski definition) is 4. The monoisotopic (exact) mass is 1150 g/mol. The van der Waals surface area contributed by atoms with E-state index < -0.39 is 12.5 Å². The Morgan fingerprint density at radius 2 is 1.23 bits per heavy atom. The van der Waals surface area contributed by atoms with Crippen molar-refractivity contribution in [3.63, 3.8) is 0 Å². The Labute approximate surface area is 470 Å². The van der Waals surface area contributed by atoms with Crippen molar-refractivity contribution in [1.82, 2.24) is 65.0 Å². The van der Waals surface area contributed by atoms with Gasteiger partial charge in [0.15, 0.2) is 32.5 Å². The molecule has 0 saturated heterocycles. The van der Waals surface area contributed by atoms with Gasteiger partial charge in [-0.3, -0.25) is 29.8 Å². The number of carbonyl (C=O) groups excluding carboxylic acids is 2. The number of amides is 1. The SMILES string of the molecule is CCO.CCOC1=NCCN(Cc2ccc(OC)cc2)C1C.COc1ccc(CN2CCn3c(-c4nc(C)cs4)nnc3C2C)cc1.Cc1csc(-c2nnc3n2CCNC3C)n1.Cc1csc(C(=O)NN)n1.O=CC(F)(F)F. The number of nitrogens with zero attached hydrogens (tertiary/aromatic N) is 12. The number of methoxy groups -OCH3 is 2. The van der Waals surface area contributed by atoms with Crippen molar-refractivity contribution in [1.29, 1.82) is 0 Å². The first kappa shape index (κ1) is 63.2. The van der Waals surface area contributed by atoms with E-state index in [-0.39, 0.29) is 30.6 Å². The summed E-state index contributed by atoms with van der Waals surface area (Å²) in [5, 5.41) is 36.5. The lowest BCUT2D eigenvalue weighted by Crippen LogP contribution is -2.44. The number of hydrogen-bond acceptors (Lipinski definition) is 21. The molecule has 2 aromatic carbocycles. The smallest absolute Gasteiger partial charge is 0.446 e. The van der Waals surface area contributed by atoms with Crippen LogP contribution < -0.4 is 26.1 Å². The highest BCUT2D eigenvalue weighted by atomic mass is 32.1. The molecule has 21 nitrogen and oxygen atoms in total. The average Bonchev–Trinajstić information content (AvgIpc) is 4.38. The van der Waals surface area contributed by atoms with E-state index in [9.17, 15) is 18.0 Å². The first-order chi connectivity index (χ1) is 37.9. The van der Waals surface area contributed by atoms with Gasteiger partial charge >= 0.3 is 6.18 Å². The minimum absolute atomic E-state index is 0.221.